The Kier molecular flexibility index (Phi) is 3.03. The lowest BCUT2D eigenvalue weighted by Gasteiger charge is -2.33. The van der Waals surface area contributed by atoms with Gasteiger partial charge in [0, 0.05) is 50.2 Å². The van der Waals surface area contributed by atoms with E-state index < -0.39 is 0 Å². The third-order valence-electron chi connectivity index (χ3n) is 3.72. The van der Waals surface area contributed by atoms with Crippen molar-refractivity contribution in [1.82, 2.24) is 4.90 Å². The molecule has 0 N–H and O–H groups in total. The van der Waals surface area contributed by atoms with Crippen molar-refractivity contribution in [2.24, 2.45) is 0 Å². The smallest absolute Gasteiger partial charge is 0.194 e. The van der Waals surface area contributed by atoms with Gasteiger partial charge in [0.05, 0.1) is 0 Å². The molecule has 0 radical (unpaired) electrons. The monoisotopic (exact) mass is 258 g/mol. The van der Waals surface area contributed by atoms with Gasteiger partial charge >= 0.3 is 0 Å². The number of fused-ring (bicyclic) bond motifs is 1. The molecule has 1 aliphatic heterocycles. The number of Topliss-reactive ketones (excluding diaryl/α,β-unsaturated/α-hetero) is 1. The maximum Gasteiger partial charge on any atom is 0.194 e. The summed E-state index contributed by atoms with van der Waals surface area (Å²) in [6, 6.07) is 7.98. The van der Waals surface area contributed by atoms with Crippen LogP contribution < -0.4 is 4.90 Å². The van der Waals surface area contributed by atoms with Gasteiger partial charge in [-0.2, -0.15) is 0 Å². The normalized spacial score (nSPS) is 17.1. The highest BCUT2D eigenvalue weighted by Gasteiger charge is 2.15. The number of likely N-dealkylation sites (N-methyl/N-ethyl adjacent to an activating group) is 1. The number of hydrogen-bond donors (Lipinski definition) is 0. The fourth-order valence-corrected chi connectivity index (χ4v) is 2.45. The lowest BCUT2D eigenvalue weighted by molar-refractivity contribution is 0.0989. The minimum Gasteiger partial charge on any atom is -0.453 e. The first-order valence-electron chi connectivity index (χ1n) is 6.61. The third kappa shape index (κ3) is 2.36. The number of benzene rings is 1. The second-order valence-corrected chi connectivity index (χ2v) is 5.18. The van der Waals surface area contributed by atoms with Crippen molar-refractivity contribution in [2.75, 3.05) is 38.1 Å². The largest absolute Gasteiger partial charge is 0.453 e. The number of nitrogens with zero attached hydrogens (tertiary/aromatic N) is 2. The molecule has 0 aliphatic carbocycles. The molecule has 0 unspecified atom stereocenters. The summed E-state index contributed by atoms with van der Waals surface area (Å²) in [5.74, 6) is 0.405. The van der Waals surface area contributed by atoms with Crippen molar-refractivity contribution < 1.29 is 9.21 Å². The minimum atomic E-state index is -0.0302. The van der Waals surface area contributed by atoms with Gasteiger partial charge < -0.3 is 14.2 Å². The average molecular weight is 258 g/mol. The molecule has 100 valence electrons. The molecule has 1 aromatic heterocycles. The fourth-order valence-electron chi connectivity index (χ4n) is 2.45. The summed E-state index contributed by atoms with van der Waals surface area (Å²) >= 11 is 0. The second kappa shape index (κ2) is 4.70. The van der Waals surface area contributed by atoms with E-state index in [1.165, 1.54) is 12.6 Å². The van der Waals surface area contributed by atoms with Crippen LogP contribution in [0.1, 0.15) is 17.5 Å². The number of carbonyl (C=O) groups is 1. The number of ketones is 1. The summed E-state index contributed by atoms with van der Waals surface area (Å²) in [4.78, 5) is 16.0. The van der Waals surface area contributed by atoms with E-state index in [2.05, 4.69) is 22.9 Å². The molecule has 0 atom stereocenters. The zero-order valence-electron chi connectivity index (χ0n) is 11.3. The topological polar surface area (TPSA) is 36.7 Å². The van der Waals surface area contributed by atoms with E-state index in [0.29, 0.717) is 5.76 Å². The summed E-state index contributed by atoms with van der Waals surface area (Å²) in [5, 5.41) is 0.989. The Morgan fingerprint density at radius 2 is 1.89 bits per heavy atom. The van der Waals surface area contributed by atoms with Crippen LogP contribution in [0.15, 0.2) is 28.7 Å². The van der Waals surface area contributed by atoms with Gasteiger partial charge in [0.2, 0.25) is 0 Å². The van der Waals surface area contributed by atoms with Gasteiger partial charge in [-0.1, -0.05) is 0 Å². The molecule has 0 spiro atoms. The SMILES string of the molecule is CC(=O)c1cc2ccc(N3CCN(C)CC3)cc2o1. The molecule has 1 fully saturated rings. The van der Waals surface area contributed by atoms with Crippen molar-refractivity contribution >= 4 is 22.4 Å². The first-order valence-corrected chi connectivity index (χ1v) is 6.61. The lowest BCUT2D eigenvalue weighted by atomic mass is 10.2. The van der Waals surface area contributed by atoms with Crippen molar-refractivity contribution in [2.45, 2.75) is 6.92 Å². The summed E-state index contributed by atoms with van der Waals surface area (Å²) in [5.41, 5.74) is 1.96. The molecule has 2 heterocycles. The number of anilines is 1. The first-order chi connectivity index (χ1) is 9.13. The summed E-state index contributed by atoms with van der Waals surface area (Å²) in [7, 11) is 2.15. The van der Waals surface area contributed by atoms with Gasteiger partial charge in [-0.15, -0.1) is 0 Å². The highest BCUT2D eigenvalue weighted by molar-refractivity contribution is 5.96. The molecule has 1 aliphatic rings. The van der Waals surface area contributed by atoms with Crippen LogP contribution in [0.3, 0.4) is 0 Å². The highest BCUT2D eigenvalue weighted by Crippen LogP contribution is 2.26. The standard InChI is InChI=1S/C15H18N2O2/c1-11(18)14-9-12-3-4-13(10-15(12)19-14)17-7-5-16(2)6-8-17/h3-4,9-10H,5-8H2,1-2H3. The first kappa shape index (κ1) is 12.2. The van der Waals surface area contributed by atoms with E-state index in [-0.39, 0.29) is 5.78 Å². The van der Waals surface area contributed by atoms with E-state index in [1.54, 1.807) is 0 Å². The zero-order chi connectivity index (χ0) is 13.4. The predicted octanol–water partition coefficient (Wildman–Crippen LogP) is 2.39. The number of carbonyl (C=O) groups excluding carboxylic acids is 1. The van der Waals surface area contributed by atoms with Crippen molar-refractivity contribution in [3.63, 3.8) is 0 Å². The van der Waals surface area contributed by atoms with Crippen LogP contribution in [0.2, 0.25) is 0 Å². The molecule has 1 aromatic carbocycles. The molecule has 4 heteroatoms. The maximum atomic E-state index is 11.3. The highest BCUT2D eigenvalue weighted by atomic mass is 16.3. The Morgan fingerprint density at radius 1 is 1.16 bits per heavy atom. The molecular weight excluding hydrogens is 240 g/mol. The molecule has 0 saturated carbocycles. The minimum absolute atomic E-state index is 0.0302. The number of furan rings is 1. The van der Waals surface area contributed by atoms with E-state index in [1.807, 2.05) is 18.2 Å². The van der Waals surface area contributed by atoms with Crippen LogP contribution in [0.4, 0.5) is 5.69 Å². The van der Waals surface area contributed by atoms with E-state index >= 15 is 0 Å². The molecule has 4 nitrogen and oxygen atoms in total. The molecule has 3 rings (SSSR count). The van der Waals surface area contributed by atoms with Gasteiger partial charge in [0.15, 0.2) is 11.5 Å². The van der Waals surface area contributed by atoms with Gasteiger partial charge in [0.25, 0.3) is 0 Å². The molecule has 19 heavy (non-hydrogen) atoms. The Morgan fingerprint density at radius 3 is 2.58 bits per heavy atom. The number of piperazine rings is 1. The maximum absolute atomic E-state index is 11.3. The Bertz CT molecular complexity index is 610. The molecular formula is C15H18N2O2. The van der Waals surface area contributed by atoms with Gasteiger partial charge in [-0.25, -0.2) is 0 Å². The van der Waals surface area contributed by atoms with Crippen LogP contribution in [0.5, 0.6) is 0 Å². The number of rotatable bonds is 2. The van der Waals surface area contributed by atoms with Gasteiger partial charge in [-0.05, 0) is 25.2 Å². The number of hydrogen-bond acceptors (Lipinski definition) is 4. The van der Waals surface area contributed by atoms with Crippen LogP contribution >= 0.6 is 0 Å². The predicted molar refractivity (Wildman–Crippen MR) is 75.9 cm³/mol. The Labute approximate surface area is 112 Å². The lowest BCUT2D eigenvalue weighted by Crippen LogP contribution is -2.44. The average Bonchev–Trinajstić information content (AvgIpc) is 2.82. The van der Waals surface area contributed by atoms with Crippen molar-refractivity contribution in [3.05, 3.63) is 30.0 Å². The van der Waals surface area contributed by atoms with Crippen LogP contribution in [-0.2, 0) is 0 Å². The second-order valence-electron chi connectivity index (χ2n) is 5.18. The summed E-state index contributed by atoms with van der Waals surface area (Å²) in [6.07, 6.45) is 0. The van der Waals surface area contributed by atoms with E-state index in [9.17, 15) is 4.79 Å². The Hall–Kier alpha value is -1.81. The Balaban J connectivity index is 1.90. The van der Waals surface area contributed by atoms with Crippen molar-refractivity contribution in [3.8, 4) is 0 Å². The van der Waals surface area contributed by atoms with Crippen LogP contribution in [-0.4, -0.2) is 43.9 Å². The molecule has 0 bridgehead atoms. The third-order valence-corrected chi connectivity index (χ3v) is 3.72. The molecule has 2 aromatic rings. The van der Waals surface area contributed by atoms with Crippen LogP contribution in [0.25, 0.3) is 11.0 Å². The molecule has 0 amide bonds. The van der Waals surface area contributed by atoms with E-state index in [4.69, 9.17) is 4.42 Å². The van der Waals surface area contributed by atoms with Crippen LogP contribution in [0, 0.1) is 0 Å². The quantitative estimate of drug-likeness (QED) is 0.775. The van der Waals surface area contributed by atoms with E-state index in [0.717, 1.165) is 37.1 Å². The van der Waals surface area contributed by atoms with Gasteiger partial charge in [-0.3, -0.25) is 4.79 Å². The summed E-state index contributed by atoms with van der Waals surface area (Å²) < 4.78 is 5.60. The van der Waals surface area contributed by atoms with Gasteiger partial charge in [0.1, 0.15) is 5.58 Å². The fraction of sp³-hybridized carbons (Fsp3) is 0.400. The molecule has 1 saturated heterocycles. The zero-order valence-corrected chi connectivity index (χ0v) is 11.3. The summed E-state index contributed by atoms with van der Waals surface area (Å²) in [6.45, 7) is 5.74. The van der Waals surface area contributed by atoms with Crippen molar-refractivity contribution in [1.29, 1.82) is 0 Å².